The summed E-state index contributed by atoms with van der Waals surface area (Å²) in [5.74, 6) is 1.12. The first-order valence-electron chi connectivity index (χ1n) is 9.44. The molecule has 1 amide bonds. The lowest BCUT2D eigenvalue weighted by molar-refractivity contribution is 0.0914. The quantitative estimate of drug-likeness (QED) is 0.855. The number of carbonyl (C=O) groups is 1. The summed E-state index contributed by atoms with van der Waals surface area (Å²) >= 11 is 0. The summed E-state index contributed by atoms with van der Waals surface area (Å²) in [4.78, 5) is 21.9. The Balaban J connectivity index is 1.92. The average molecular weight is 352 g/mol. The van der Waals surface area contributed by atoms with Crippen molar-refractivity contribution < 1.29 is 4.79 Å². The second-order valence-electron chi connectivity index (χ2n) is 8.01. The van der Waals surface area contributed by atoms with Crippen molar-refractivity contribution in [3.8, 4) is 11.4 Å². The smallest absolute Gasteiger partial charge is 0.270 e. The molecule has 1 aliphatic carbocycles. The van der Waals surface area contributed by atoms with Gasteiger partial charge in [0, 0.05) is 23.2 Å². The van der Waals surface area contributed by atoms with E-state index in [1.165, 1.54) is 19.3 Å². The standard InChI is InChI=1S/C21H28N4O/c1-21(2,3)25-20(26)17-14-18(22-16-12-8-5-9-13-16)24-19(23-17)15-10-6-4-7-11-15/h4,6-7,10-11,14,16H,5,8-9,12-13H2,1-3H3,(H,25,26)(H,22,23,24). The van der Waals surface area contributed by atoms with Crippen LogP contribution in [0.15, 0.2) is 36.4 Å². The van der Waals surface area contributed by atoms with Crippen LogP contribution in [0.5, 0.6) is 0 Å². The summed E-state index contributed by atoms with van der Waals surface area (Å²) in [5, 5.41) is 6.51. The Kier molecular flexibility index (Phi) is 5.55. The molecule has 5 nitrogen and oxygen atoms in total. The van der Waals surface area contributed by atoms with Gasteiger partial charge in [-0.2, -0.15) is 0 Å². The molecule has 1 fully saturated rings. The van der Waals surface area contributed by atoms with E-state index in [2.05, 4.69) is 20.6 Å². The van der Waals surface area contributed by atoms with E-state index in [-0.39, 0.29) is 11.4 Å². The van der Waals surface area contributed by atoms with E-state index >= 15 is 0 Å². The van der Waals surface area contributed by atoms with Crippen molar-refractivity contribution in [3.05, 3.63) is 42.1 Å². The average Bonchev–Trinajstić information content (AvgIpc) is 2.62. The van der Waals surface area contributed by atoms with Crippen LogP contribution in [0.3, 0.4) is 0 Å². The lowest BCUT2D eigenvalue weighted by Crippen LogP contribution is -2.41. The molecule has 138 valence electrons. The van der Waals surface area contributed by atoms with Crippen LogP contribution in [0.25, 0.3) is 11.4 Å². The first-order valence-corrected chi connectivity index (χ1v) is 9.44. The molecule has 1 heterocycles. The molecule has 0 aliphatic heterocycles. The van der Waals surface area contributed by atoms with Crippen molar-refractivity contribution in [2.45, 2.75) is 64.5 Å². The number of nitrogens with zero attached hydrogens (tertiary/aromatic N) is 2. The van der Waals surface area contributed by atoms with Crippen molar-refractivity contribution in [2.75, 3.05) is 5.32 Å². The zero-order valence-corrected chi connectivity index (χ0v) is 15.9. The molecule has 0 radical (unpaired) electrons. The van der Waals surface area contributed by atoms with E-state index in [9.17, 15) is 4.79 Å². The maximum Gasteiger partial charge on any atom is 0.270 e. The van der Waals surface area contributed by atoms with E-state index in [4.69, 9.17) is 0 Å². The van der Waals surface area contributed by atoms with Crippen molar-refractivity contribution in [2.24, 2.45) is 0 Å². The molecule has 1 saturated carbocycles. The molecule has 0 bridgehead atoms. The molecule has 0 unspecified atom stereocenters. The number of benzene rings is 1. The fourth-order valence-corrected chi connectivity index (χ4v) is 3.21. The van der Waals surface area contributed by atoms with Gasteiger partial charge in [-0.1, -0.05) is 49.6 Å². The van der Waals surface area contributed by atoms with Crippen molar-refractivity contribution in [1.29, 1.82) is 0 Å². The third-order valence-electron chi connectivity index (χ3n) is 4.44. The fourth-order valence-electron chi connectivity index (χ4n) is 3.21. The van der Waals surface area contributed by atoms with Crippen LogP contribution in [-0.4, -0.2) is 27.5 Å². The van der Waals surface area contributed by atoms with Gasteiger partial charge in [-0.25, -0.2) is 9.97 Å². The molecule has 2 aromatic rings. The zero-order valence-electron chi connectivity index (χ0n) is 15.9. The maximum absolute atomic E-state index is 12.7. The summed E-state index contributed by atoms with van der Waals surface area (Å²) in [6.45, 7) is 5.89. The Morgan fingerprint density at radius 3 is 2.38 bits per heavy atom. The predicted octanol–water partition coefficient (Wildman–Crippen LogP) is 4.42. The van der Waals surface area contributed by atoms with Crippen LogP contribution in [0.2, 0.25) is 0 Å². The van der Waals surface area contributed by atoms with Gasteiger partial charge in [0.05, 0.1) is 0 Å². The maximum atomic E-state index is 12.7. The highest BCUT2D eigenvalue weighted by Gasteiger charge is 2.20. The van der Waals surface area contributed by atoms with Crippen molar-refractivity contribution in [1.82, 2.24) is 15.3 Å². The Hall–Kier alpha value is -2.43. The minimum Gasteiger partial charge on any atom is -0.367 e. The van der Waals surface area contributed by atoms with E-state index in [1.807, 2.05) is 51.1 Å². The molecular weight excluding hydrogens is 324 g/mol. The predicted molar refractivity (Wildman–Crippen MR) is 105 cm³/mol. The Bertz CT molecular complexity index is 746. The molecular formula is C21H28N4O. The molecule has 26 heavy (non-hydrogen) atoms. The first-order chi connectivity index (χ1) is 12.4. The van der Waals surface area contributed by atoms with Gasteiger partial charge < -0.3 is 10.6 Å². The van der Waals surface area contributed by atoms with Crippen LogP contribution < -0.4 is 10.6 Å². The minimum atomic E-state index is -0.314. The summed E-state index contributed by atoms with van der Waals surface area (Å²) in [5.41, 5.74) is 0.989. The first kappa shape index (κ1) is 18.4. The van der Waals surface area contributed by atoms with Gasteiger partial charge in [-0.15, -0.1) is 0 Å². The highest BCUT2D eigenvalue weighted by molar-refractivity contribution is 5.93. The SMILES string of the molecule is CC(C)(C)NC(=O)c1cc(NC2CCCCC2)nc(-c2ccccc2)n1. The lowest BCUT2D eigenvalue weighted by Gasteiger charge is -2.24. The van der Waals surface area contributed by atoms with E-state index < -0.39 is 0 Å². The largest absolute Gasteiger partial charge is 0.367 e. The molecule has 5 heteroatoms. The summed E-state index contributed by atoms with van der Waals surface area (Å²) in [7, 11) is 0. The van der Waals surface area contributed by atoms with Crippen LogP contribution in [0, 0.1) is 0 Å². The molecule has 2 N–H and O–H groups in total. The van der Waals surface area contributed by atoms with Crippen molar-refractivity contribution in [3.63, 3.8) is 0 Å². The van der Waals surface area contributed by atoms with Crippen LogP contribution in [0.4, 0.5) is 5.82 Å². The molecule has 0 saturated heterocycles. The third-order valence-corrected chi connectivity index (χ3v) is 4.44. The van der Waals surface area contributed by atoms with E-state index in [1.54, 1.807) is 6.07 Å². The zero-order chi connectivity index (χ0) is 18.6. The fraction of sp³-hybridized carbons (Fsp3) is 0.476. The van der Waals surface area contributed by atoms with Crippen LogP contribution >= 0.6 is 0 Å². The number of hydrogen-bond donors (Lipinski definition) is 2. The minimum absolute atomic E-state index is 0.177. The number of hydrogen-bond acceptors (Lipinski definition) is 4. The number of rotatable bonds is 4. The van der Waals surface area contributed by atoms with Crippen molar-refractivity contribution >= 4 is 11.7 Å². The van der Waals surface area contributed by atoms with Gasteiger partial charge in [0.1, 0.15) is 11.5 Å². The molecule has 0 spiro atoms. The lowest BCUT2D eigenvalue weighted by atomic mass is 9.95. The monoisotopic (exact) mass is 352 g/mol. The molecule has 0 atom stereocenters. The molecule has 3 rings (SSSR count). The summed E-state index contributed by atoms with van der Waals surface area (Å²) in [6, 6.07) is 12.0. The van der Waals surface area contributed by atoms with Crippen LogP contribution in [0.1, 0.15) is 63.4 Å². The summed E-state index contributed by atoms with van der Waals surface area (Å²) < 4.78 is 0. The van der Waals surface area contributed by atoms with Gasteiger partial charge in [-0.05, 0) is 33.6 Å². The van der Waals surface area contributed by atoms with E-state index in [0.29, 0.717) is 17.6 Å². The Labute approximate surface area is 155 Å². The summed E-state index contributed by atoms with van der Waals surface area (Å²) in [6.07, 6.45) is 6.08. The molecule has 1 aromatic carbocycles. The second kappa shape index (κ2) is 7.85. The van der Waals surface area contributed by atoms with Gasteiger partial charge in [0.15, 0.2) is 5.82 Å². The Morgan fingerprint density at radius 2 is 1.73 bits per heavy atom. The Morgan fingerprint density at radius 1 is 1.04 bits per heavy atom. The number of nitrogens with one attached hydrogen (secondary N) is 2. The highest BCUT2D eigenvalue weighted by Crippen LogP contribution is 2.23. The number of amides is 1. The van der Waals surface area contributed by atoms with Gasteiger partial charge in [0.2, 0.25) is 0 Å². The van der Waals surface area contributed by atoms with Crippen LogP contribution in [-0.2, 0) is 0 Å². The number of carbonyl (C=O) groups excluding carboxylic acids is 1. The van der Waals surface area contributed by atoms with Gasteiger partial charge in [0.25, 0.3) is 5.91 Å². The van der Waals surface area contributed by atoms with E-state index in [0.717, 1.165) is 24.2 Å². The van der Waals surface area contributed by atoms with Gasteiger partial charge in [-0.3, -0.25) is 4.79 Å². The molecule has 1 aromatic heterocycles. The second-order valence-corrected chi connectivity index (χ2v) is 8.01. The molecule has 1 aliphatic rings. The normalized spacial score (nSPS) is 15.5. The number of anilines is 1. The third kappa shape index (κ3) is 5.04. The topological polar surface area (TPSA) is 66.9 Å². The number of aromatic nitrogens is 2. The highest BCUT2D eigenvalue weighted by atomic mass is 16.2. The van der Waals surface area contributed by atoms with Gasteiger partial charge >= 0.3 is 0 Å².